The number of hydrogen-bond donors (Lipinski definition) is 1. The van der Waals surface area contributed by atoms with Gasteiger partial charge in [-0.1, -0.05) is 60.7 Å². The minimum absolute atomic E-state index is 0.0163. The summed E-state index contributed by atoms with van der Waals surface area (Å²) in [7, 11) is 9.53. The Kier molecular flexibility index (Phi) is 7.34. The average molecular weight is 310 g/mol. The van der Waals surface area contributed by atoms with Crippen molar-refractivity contribution in [3.63, 3.8) is 0 Å². The van der Waals surface area contributed by atoms with Crippen molar-refractivity contribution in [1.29, 1.82) is 0 Å². The van der Waals surface area contributed by atoms with Gasteiger partial charge >= 0.3 is 33.3 Å². The molecule has 0 unspecified atom stereocenters. The van der Waals surface area contributed by atoms with E-state index in [0.29, 0.717) is 0 Å². The zero-order chi connectivity index (χ0) is 12.5. The van der Waals surface area contributed by atoms with Crippen LogP contribution in [0, 0.1) is 0 Å². The van der Waals surface area contributed by atoms with Crippen molar-refractivity contribution in [3.8, 4) is 0 Å². The van der Waals surface area contributed by atoms with Crippen LogP contribution in [-0.4, -0.2) is 0 Å². The van der Waals surface area contributed by atoms with Crippen molar-refractivity contribution < 1.29 is 13.1 Å². The molecular weight excluding hydrogens is 297 g/mol. The molecule has 92 valence electrons. The van der Waals surface area contributed by atoms with Gasteiger partial charge in [0.15, 0.2) is 0 Å². The summed E-state index contributed by atoms with van der Waals surface area (Å²) in [5.74, 6) is 0. The quantitative estimate of drug-likeness (QED) is 0.830. The monoisotopic (exact) mass is 309 g/mol. The fraction of sp³-hybridized carbons (Fsp3) is 0.0769. The fourth-order valence-corrected chi connectivity index (χ4v) is 1.51. The molecule has 0 spiro atoms. The van der Waals surface area contributed by atoms with Crippen molar-refractivity contribution in [3.05, 3.63) is 71.8 Å². The van der Waals surface area contributed by atoms with Gasteiger partial charge in [-0.2, -0.15) is 0 Å². The Morgan fingerprint density at radius 3 is 1.35 bits per heavy atom. The summed E-state index contributed by atoms with van der Waals surface area (Å²) >= 11 is 0.194. The first-order valence-electron chi connectivity index (χ1n) is 5.00. The van der Waals surface area contributed by atoms with Gasteiger partial charge in [0.05, 0.1) is 6.04 Å². The summed E-state index contributed by atoms with van der Waals surface area (Å²) in [5.41, 5.74) is 8.42. The van der Waals surface area contributed by atoms with Gasteiger partial charge in [-0.25, -0.2) is 0 Å². The van der Waals surface area contributed by atoms with Gasteiger partial charge in [-0.3, -0.25) is 0 Å². The molecule has 2 aromatic carbocycles. The molecule has 1 nitrogen and oxygen atoms in total. The Balaban J connectivity index is 0.000000437. The van der Waals surface area contributed by atoms with Gasteiger partial charge in [0, 0.05) is 0 Å². The molecule has 2 aromatic rings. The normalized spacial score (nSPS) is 9.88. The predicted molar refractivity (Wildman–Crippen MR) is 70.6 cm³/mol. The van der Waals surface area contributed by atoms with Crippen LogP contribution in [0.5, 0.6) is 0 Å². The summed E-state index contributed by atoms with van der Waals surface area (Å²) in [4.78, 5) is 0. The topological polar surface area (TPSA) is 26.0 Å². The molecule has 0 saturated carbocycles. The van der Waals surface area contributed by atoms with Crippen LogP contribution in [0.1, 0.15) is 17.2 Å². The van der Waals surface area contributed by atoms with E-state index in [2.05, 4.69) is 24.3 Å². The van der Waals surface area contributed by atoms with E-state index in [0.717, 1.165) is 11.1 Å². The molecule has 0 amide bonds. The van der Waals surface area contributed by atoms with Gasteiger partial charge in [0.25, 0.3) is 0 Å². The third-order valence-electron chi connectivity index (χ3n) is 2.32. The number of halogens is 2. The fourth-order valence-electron chi connectivity index (χ4n) is 1.51. The van der Waals surface area contributed by atoms with Gasteiger partial charge in [0.2, 0.25) is 0 Å². The predicted octanol–water partition coefficient (Wildman–Crippen LogP) is 4.11. The van der Waals surface area contributed by atoms with E-state index >= 15 is 0 Å². The third-order valence-corrected chi connectivity index (χ3v) is 2.32. The van der Waals surface area contributed by atoms with Crippen LogP contribution < -0.4 is 5.73 Å². The molecule has 0 aliphatic rings. The third kappa shape index (κ3) is 5.11. The first-order chi connectivity index (χ1) is 8.29. The summed E-state index contributed by atoms with van der Waals surface area (Å²) in [6.45, 7) is 0. The van der Waals surface area contributed by atoms with Crippen LogP contribution >= 0.6 is 20.2 Å². The van der Waals surface area contributed by atoms with E-state index in [9.17, 15) is 0 Å². The van der Waals surface area contributed by atoms with E-state index < -0.39 is 0 Å². The van der Waals surface area contributed by atoms with Crippen LogP contribution in [0.4, 0.5) is 0 Å². The second-order valence-electron chi connectivity index (χ2n) is 3.35. The maximum atomic E-state index is 6.12. The standard InChI is InChI=1S/C13H13N.2ClH.Fe/c14-13(11-7-3-1-4-8-11)12-9-5-2-6-10-12;;;/h1-10,13H,14H2;2*1H;/q;;;+2/p-2. The molecule has 0 aromatic heterocycles. The molecule has 4 heteroatoms. The number of nitrogens with two attached hydrogens (primary N) is 1. The Hall–Kier alpha value is -0.501. The SMILES string of the molecule is NC(c1ccccc1)c1ccccc1.[Cl][Fe][Cl]. The molecular formula is C13H13Cl2FeN. The van der Waals surface area contributed by atoms with Crippen molar-refractivity contribution in [2.45, 2.75) is 6.04 Å². The zero-order valence-corrected chi connectivity index (χ0v) is 11.7. The molecule has 2 rings (SSSR count). The second-order valence-corrected chi connectivity index (χ2v) is 5.17. The van der Waals surface area contributed by atoms with E-state index in [1.165, 1.54) is 0 Å². The molecule has 0 heterocycles. The zero-order valence-electron chi connectivity index (χ0n) is 9.04. The number of benzene rings is 2. The van der Waals surface area contributed by atoms with Crippen LogP contribution in [0.25, 0.3) is 0 Å². The van der Waals surface area contributed by atoms with Gasteiger partial charge < -0.3 is 5.73 Å². The molecule has 0 atom stereocenters. The minimum atomic E-state index is -0.0163. The van der Waals surface area contributed by atoms with Crippen molar-refractivity contribution in [2.24, 2.45) is 5.73 Å². The van der Waals surface area contributed by atoms with Gasteiger partial charge in [-0.15, -0.1) is 0 Å². The van der Waals surface area contributed by atoms with Crippen molar-refractivity contribution in [1.82, 2.24) is 0 Å². The first kappa shape index (κ1) is 14.6. The Morgan fingerprint density at radius 2 is 1.06 bits per heavy atom. The molecule has 2 N–H and O–H groups in total. The molecule has 0 saturated heterocycles. The second kappa shape index (κ2) is 8.57. The summed E-state index contributed by atoms with van der Waals surface area (Å²) < 4.78 is 0. The molecule has 0 aliphatic carbocycles. The Bertz CT molecular complexity index is 369. The van der Waals surface area contributed by atoms with Crippen LogP contribution in [0.2, 0.25) is 0 Å². The molecule has 0 bridgehead atoms. The molecule has 17 heavy (non-hydrogen) atoms. The van der Waals surface area contributed by atoms with E-state index in [4.69, 9.17) is 25.9 Å². The van der Waals surface area contributed by atoms with Gasteiger partial charge in [-0.05, 0) is 11.1 Å². The van der Waals surface area contributed by atoms with E-state index in [1.807, 2.05) is 36.4 Å². The summed E-state index contributed by atoms with van der Waals surface area (Å²) in [6.07, 6.45) is 0. The molecule has 0 fully saturated rings. The van der Waals surface area contributed by atoms with Gasteiger partial charge in [0.1, 0.15) is 0 Å². The molecule has 0 radical (unpaired) electrons. The number of hydrogen-bond acceptors (Lipinski definition) is 1. The van der Waals surface area contributed by atoms with Crippen molar-refractivity contribution in [2.75, 3.05) is 0 Å². The maximum absolute atomic E-state index is 6.12. The summed E-state index contributed by atoms with van der Waals surface area (Å²) in [5, 5.41) is 0. The van der Waals surface area contributed by atoms with Crippen LogP contribution in [0.3, 0.4) is 0 Å². The Morgan fingerprint density at radius 1 is 0.765 bits per heavy atom. The van der Waals surface area contributed by atoms with Crippen LogP contribution in [-0.2, 0) is 13.1 Å². The van der Waals surface area contributed by atoms with Crippen LogP contribution in [0.15, 0.2) is 60.7 Å². The molecule has 0 aliphatic heterocycles. The summed E-state index contributed by atoms with van der Waals surface area (Å²) in [6, 6.07) is 20.2. The first-order valence-corrected chi connectivity index (χ1v) is 8.04. The Labute approximate surface area is 117 Å². The van der Waals surface area contributed by atoms with E-state index in [1.54, 1.807) is 0 Å². The average Bonchev–Trinajstić information content (AvgIpc) is 2.41. The number of rotatable bonds is 2. The van der Waals surface area contributed by atoms with E-state index in [-0.39, 0.29) is 19.2 Å². The van der Waals surface area contributed by atoms with Crippen molar-refractivity contribution >= 4 is 20.2 Å².